The molecule has 0 amide bonds. The Labute approximate surface area is 133 Å². The van der Waals surface area contributed by atoms with Crippen LogP contribution in [-0.2, 0) is 12.4 Å². The zero-order valence-electron chi connectivity index (χ0n) is 11.4. The number of nitrogens with zero attached hydrogens (tertiary/aromatic N) is 2. The molecule has 1 heterocycles. The van der Waals surface area contributed by atoms with Crippen molar-refractivity contribution in [2.24, 2.45) is 0 Å². The van der Waals surface area contributed by atoms with Crippen LogP contribution in [0.5, 0.6) is 0 Å². The van der Waals surface area contributed by atoms with Crippen LogP contribution in [0.2, 0.25) is 0 Å². The Balaban J connectivity index is 1.95. The molecule has 0 N–H and O–H groups in total. The standard InChI is InChI=1S/C17H15ClN2S/c18-11-15-13-21-17(19-15)20(16-9-5-2-6-10-16)12-14-7-3-1-4-8-14/h1-10,13H,11-12H2. The Hall–Kier alpha value is -1.84. The van der Waals surface area contributed by atoms with E-state index in [1.54, 1.807) is 11.3 Å². The van der Waals surface area contributed by atoms with E-state index >= 15 is 0 Å². The van der Waals surface area contributed by atoms with E-state index in [1.807, 2.05) is 29.6 Å². The lowest BCUT2D eigenvalue weighted by Gasteiger charge is -2.22. The predicted molar refractivity (Wildman–Crippen MR) is 90.4 cm³/mol. The normalized spacial score (nSPS) is 10.5. The number of alkyl halides is 1. The molecule has 0 aliphatic heterocycles. The second-order valence-corrected chi connectivity index (χ2v) is 5.77. The summed E-state index contributed by atoms with van der Waals surface area (Å²) in [5.41, 5.74) is 3.31. The Bertz CT molecular complexity index is 682. The van der Waals surface area contributed by atoms with Gasteiger partial charge in [0.1, 0.15) is 0 Å². The molecule has 2 nitrogen and oxygen atoms in total. The van der Waals surface area contributed by atoms with Crippen LogP contribution in [0.15, 0.2) is 66.0 Å². The van der Waals surface area contributed by atoms with E-state index in [0.717, 1.165) is 23.1 Å². The van der Waals surface area contributed by atoms with Crippen molar-refractivity contribution in [1.82, 2.24) is 4.98 Å². The second kappa shape index (κ2) is 6.74. The maximum absolute atomic E-state index is 5.88. The highest BCUT2D eigenvalue weighted by Crippen LogP contribution is 2.30. The third-order valence-corrected chi connectivity index (χ3v) is 4.35. The summed E-state index contributed by atoms with van der Waals surface area (Å²) in [5.74, 6) is 0.449. The van der Waals surface area contributed by atoms with Crippen molar-refractivity contribution < 1.29 is 0 Å². The van der Waals surface area contributed by atoms with Crippen molar-refractivity contribution in [3.05, 3.63) is 77.3 Å². The summed E-state index contributed by atoms with van der Waals surface area (Å²) in [4.78, 5) is 6.83. The molecule has 1 aromatic heterocycles. The fraction of sp³-hybridized carbons (Fsp3) is 0.118. The predicted octanol–water partition coefficient (Wildman–Crippen LogP) is 5.22. The van der Waals surface area contributed by atoms with Crippen LogP contribution in [0, 0.1) is 0 Å². The number of halogens is 1. The van der Waals surface area contributed by atoms with Crippen molar-refractivity contribution in [3.63, 3.8) is 0 Å². The van der Waals surface area contributed by atoms with Crippen LogP contribution in [0.4, 0.5) is 10.8 Å². The lowest BCUT2D eigenvalue weighted by molar-refractivity contribution is 0.959. The molecule has 2 aromatic carbocycles. The molecule has 21 heavy (non-hydrogen) atoms. The van der Waals surface area contributed by atoms with Crippen LogP contribution < -0.4 is 4.90 Å². The smallest absolute Gasteiger partial charge is 0.190 e. The van der Waals surface area contributed by atoms with Gasteiger partial charge in [0.05, 0.1) is 18.1 Å². The minimum atomic E-state index is 0.449. The number of hydrogen-bond donors (Lipinski definition) is 0. The minimum absolute atomic E-state index is 0.449. The van der Waals surface area contributed by atoms with E-state index in [4.69, 9.17) is 11.6 Å². The second-order valence-electron chi connectivity index (χ2n) is 4.66. The van der Waals surface area contributed by atoms with Gasteiger partial charge in [0.15, 0.2) is 5.13 Å². The first kappa shape index (κ1) is 14.1. The molecule has 0 unspecified atom stereocenters. The maximum atomic E-state index is 5.88. The first-order chi connectivity index (χ1) is 10.4. The van der Waals surface area contributed by atoms with Gasteiger partial charge in [-0.05, 0) is 17.7 Å². The van der Waals surface area contributed by atoms with Crippen LogP contribution in [0.25, 0.3) is 0 Å². The van der Waals surface area contributed by atoms with E-state index in [-0.39, 0.29) is 0 Å². The fourth-order valence-corrected chi connectivity index (χ4v) is 3.20. The summed E-state index contributed by atoms with van der Waals surface area (Å²) in [6.45, 7) is 0.792. The highest BCUT2D eigenvalue weighted by molar-refractivity contribution is 7.13. The number of thiazole rings is 1. The van der Waals surface area contributed by atoms with Gasteiger partial charge in [0, 0.05) is 11.1 Å². The van der Waals surface area contributed by atoms with E-state index in [2.05, 4.69) is 46.3 Å². The van der Waals surface area contributed by atoms with Gasteiger partial charge in [0.2, 0.25) is 0 Å². The molecule has 3 rings (SSSR count). The summed E-state index contributed by atoms with van der Waals surface area (Å²) in [5, 5.41) is 2.99. The molecule has 0 saturated heterocycles. The number of anilines is 2. The van der Waals surface area contributed by atoms with Crippen molar-refractivity contribution in [1.29, 1.82) is 0 Å². The third-order valence-electron chi connectivity index (χ3n) is 3.16. The Morgan fingerprint density at radius 3 is 2.24 bits per heavy atom. The summed E-state index contributed by atoms with van der Waals surface area (Å²) < 4.78 is 0. The third kappa shape index (κ3) is 3.43. The van der Waals surface area contributed by atoms with Gasteiger partial charge in [0.25, 0.3) is 0 Å². The molecule has 106 valence electrons. The molecule has 0 atom stereocenters. The summed E-state index contributed by atoms with van der Waals surface area (Å²) >= 11 is 7.50. The number of benzene rings is 2. The maximum Gasteiger partial charge on any atom is 0.190 e. The lowest BCUT2D eigenvalue weighted by atomic mass is 10.2. The zero-order chi connectivity index (χ0) is 14.5. The highest BCUT2D eigenvalue weighted by atomic mass is 35.5. The summed E-state index contributed by atoms with van der Waals surface area (Å²) in [6.07, 6.45) is 0. The summed E-state index contributed by atoms with van der Waals surface area (Å²) in [7, 11) is 0. The molecular weight excluding hydrogens is 300 g/mol. The molecule has 0 spiro atoms. The van der Waals surface area contributed by atoms with Crippen molar-refractivity contribution in [3.8, 4) is 0 Å². The van der Waals surface area contributed by atoms with E-state index in [0.29, 0.717) is 5.88 Å². The minimum Gasteiger partial charge on any atom is -0.313 e. The SMILES string of the molecule is ClCc1csc(N(Cc2ccccc2)c2ccccc2)n1. The van der Waals surface area contributed by atoms with Crippen LogP contribution in [0.1, 0.15) is 11.3 Å². The molecule has 0 fully saturated rings. The number of rotatable bonds is 5. The van der Waals surface area contributed by atoms with E-state index in [9.17, 15) is 0 Å². The molecular formula is C17H15ClN2S. The number of hydrogen-bond acceptors (Lipinski definition) is 3. The lowest BCUT2D eigenvalue weighted by Crippen LogP contribution is -2.16. The molecule has 0 aliphatic carbocycles. The van der Waals surface area contributed by atoms with Gasteiger partial charge in [-0.3, -0.25) is 0 Å². The van der Waals surface area contributed by atoms with E-state index < -0.39 is 0 Å². The largest absolute Gasteiger partial charge is 0.313 e. The van der Waals surface area contributed by atoms with Gasteiger partial charge in [-0.1, -0.05) is 48.5 Å². The quantitative estimate of drug-likeness (QED) is 0.600. The number of aromatic nitrogens is 1. The Kier molecular flexibility index (Phi) is 4.53. The zero-order valence-corrected chi connectivity index (χ0v) is 13.0. The molecule has 0 bridgehead atoms. The molecule has 0 saturated carbocycles. The molecule has 0 radical (unpaired) electrons. The van der Waals surface area contributed by atoms with Gasteiger partial charge in [-0.25, -0.2) is 4.98 Å². The van der Waals surface area contributed by atoms with E-state index in [1.165, 1.54) is 5.56 Å². The molecule has 4 heteroatoms. The first-order valence-corrected chi connectivity index (χ1v) is 8.15. The van der Waals surface area contributed by atoms with Gasteiger partial charge < -0.3 is 4.90 Å². The van der Waals surface area contributed by atoms with Crippen molar-refractivity contribution in [2.45, 2.75) is 12.4 Å². The van der Waals surface area contributed by atoms with Crippen LogP contribution >= 0.6 is 22.9 Å². The van der Waals surface area contributed by atoms with Crippen molar-refractivity contribution in [2.75, 3.05) is 4.90 Å². The Morgan fingerprint density at radius 1 is 0.952 bits per heavy atom. The molecule has 0 aliphatic rings. The topological polar surface area (TPSA) is 16.1 Å². The average molecular weight is 315 g/mol. The van der Waals surface area contributed by atoms with Gasteiger partial charge in [-0.15, -0.1) is 22.9 Å². The van der Waals surface area contributed by atoms with Crippen molar-refractivity contribution >= 4 is 33.8 Å². The first-order valence-electron chi connectivity index (χ1n) is 6.73. The fourth-order valence-electron chi connectivity index (χ4n) is 2.12. The van der Waals surface area contributed by atoms with Crippen LogP contribution in [-0.4, -0.2) is 4.98 Å². The average Bonchev–Trinajstić information content (AvgIpc) is 3.03. The van der Waals surface area contributed by atoms with Gasteiger partial charge in [-0.2, -0.15) is 0 Å². The number of para-hydroxylation sites is 1. The van der Waals surface area contributed by atoms with Crippen LogP contribution in [0.3, 0.4) is 0 Å². The monoisotopic (exact) mass is 314 g/mol. The molecule has 3 aromatic rings. The summed E-state index contributed by atoms with van der Waals surface area (Å²) in [6, 6.07) is 20.7. The van der Waals surface area contributed by atoms with Gasteiger partial charge >= 0.3 is 0 Å². The Morgan fingerprint density at radius 2 is 1.62 bits per heavy atom. The highest BCUT2D eigenvalue weighted by Gasteiger charge is 2.13.